The van der Waals surface area contributed by atoms with Crippen molar-refractivity contribution in [2.75, 3.05) is 7.05 Å². The van der Waals surface area contributed by atoms with Crippen LogP contribution in [0.5, 0.6) is 0 Å². The Morgan fingerprint density at radius 2 is 1.70 bits per heavy atom. The molecule has 3 heteroatoms. The Kier molecular flexibility index (Phi) is 5.21. The van der Waals surface area contributed by atoms with Crippen molar-refractivity contribution in [2.24, 2.45) is 0 Å². The molecule has 0 radical (unpaired) electrons. The van der Waals surface area contributed by atoms with Gasteiger partial charge in [0.25, 0.3) is 0 Å². The Balaban J connectivity index is 2.13. The predicted molar refractivity (Wildman–Crippen MR) is 86.4 cm³/mol. The minimum absolute atomic E-state index is 0.348. The number of hydrogen-bond donors (Lipinski definition) is 1. The lowest BCUT2D eigenvalue weighted by molar-refractivity contribution is 0.649. The van der Waals surface area contributed by atoms with Gasteiger partial charge in [0.05, 0.1) is 0 Å². The van der Waals surface area contributed by atoms with Gasteiger partial charge in [-0.25, -0.2) is 4.98 Å². The molecule has 1 N–H and O–H groups in total. The summed E-state index contributed by atoms with van der Waals surface area (Å²) < 4.78 is 0. The van der Waals surface area contributed by atoms with Crippen LogP contribution in [0.1, 0.15) is 43.9 Å². The highest BCUT2D eigenvalue weighted by atomic mass is 32.2. The van der Waals surface area contributed by atoms with Gasteiger partial charge in [-0.1, -0.05) is 37.7 Å². The summed E-state index contributed by atoms with van der Waals surface area (Å²) in [6.45, 7) is 6.58. The highest BCUT2D eigenvalue weighted by Crippen LogP contribution is 2.28. The van der Waals surface area contributed by atoms with Gasteiger partial charge in [-0.05, 0) is 55.3 Å². The van der Waals surface area contributed by atoms with Crippen LogP contribution in [0.25, 0.3) is 0 Å². The first-order valence-corrected chi connectivity index (χ1v) is 7.83. The molecule has 1 unspecified atom stereocenters. The summed E-state index contributed by atoms with van der Waals surface area (Å²) in [5, 5.41) is 4.30. The molecule has 106 valence electrons. The Bertz CT molecular complexity index is 549. The summed E-state index contributed by atoms with van der Waals surface area (Å²) in [4.78, 5) is 5.68. The molecule has 0 spiro atoms. The lowest BCUT2D eigenvalue weighted by atomic mass is 10.0. The van der Waals surface area contributed by atoms with Gasteiger partial charge in [0.15, 0.2) is 0 Å². The summed E-state index contributed by atoms with van der Waals surface area (Å²) >= 11 is 1.71. The number of aromatic nitrogens is 1. The van der Waals surface area contributed by atoms with Gasteiger partial charge in [-0.2, -0.15) is 0 Å². The minimum atomic E-state index is 0.348. The molecule has 1 heterocycles. The average Bonchev–Trinajstić information content (AvgIpc) is 2.47. The lowest BCUT2D eigenvalue weighted by Gasteiger charge is -2.11. The number of nitrogens with one attached hydrogen (secondary N) is 1. The minimum Gasteiger partial charge on any atom is -0.313 e. The van der Waals surface area contributed by atoms with E-state index >= 15 is 0 Å². The molecule has 0 aliphatic rings. The number of nitrogens with zero attached hydrogens (tertiary/aromatic N) is 1. The monoisotopic (exact) mass is 286 g/mol. The molecule has 0 saturated heterocycles. The fraction of sp³-hybridized carbons (Fsp3) is 0.353. The molecule has 2 nitrogen and oxygen atoms in total. The van der Waals surface area contributed by atoms with Crippen LogP contribution in [0, 0.1) is 0 Å². The van der Waals surface area contributed by atoms with Crippen LogP contribution in [-0.4, -0.2) is 12.0 Å². The van der Waals surface area contributed by atoms with Crippen molar-refractivity contribution in [1.29, 1.82) is 0 Å². The van der Waals surface area contributed by atoms with Crippen molar-refractivity contribution in [1.82, 2.24) is 10.3 Å². The first-order chi connectivity index (χ1) is 9.60. The van der Waals surface area contributed by atoms with Gasteiger partial charge in [-0.3, -0.25) is 0 Å². The van der Waals surface area contributed by atoms with Gasteiger partial charge in [0.1, 0.15) is 5.03 Å². The van der Waals surface area contributed by atoms with Gasteiger partial charge in [0, 0.05) is 17.1 Å². The van der Waals surface area contributed by atoms with Gasteiger partial charge in [-0.15, -0.1) is 0 Å². The van der Waals surface area contributed by atoms with E-state index in [4.69, 9.17) is 0 Å². The van der Waals surface area contributed by atoms with E-state index in [0.717, 1.165) is 5.03 Å². The molecule has 2 aromatic rings. The zero-order chi connectivity index (χ0) is 14.5. The number of pyridine rings is 1. The normalized spacial score (nSPS) is 12.7. The molecule has 1 atom stereocenters. The van der Waals surface area contributed by atoms with E-state index in [1.807, 2.05) is 13.2 Å². The van der Waals surface area contributed by atoms with Gasteiger partial charge in [0.2, 0.25) is 0 Å². The summed E-state index contributed by atoms with van der Waals surface area (Å²) in [6.07, 6.45) is 1.88. The Labute approximate surface area is 126 Å². The Hall–Kier alpha value is -1.32. The molecule has 20 heavy (non-hydrogen) atoms. The Morgan fingerprint density at radius 1 is 1.00 bits per heavy atom. The second-order valence-electron chi connectivity index (χ2n) is 5.26. The van der Waals surface area contributed by atoms with E-state index in [-0.39, 0.29) is 0 Å². The van der Waals surface area contributed by atoms with Crippen molar-refractivity contribution >= 4 is 11.8 Å². The third-order valence-corrected chi connectivity index (χ3v) is 4.40. The fourth-order valence-corrected chi connectivity index (χ4v) is 2.78. The molecular weight excluding hydrogens is 264 g/mol. The second-order valence-corrected chi connectivity index (χ2v) is 6.36. The van der Waals surface area contributed by atoms with Crippen molar-refractivity contribution in [2.45, 2.75) is 42.7 Å². The van der Waals surface area contributed by atoms with Crippen LogP contribution < -0.4 is 5.32 Å². The smallest absolute Gasteiger partial charge is 0.101 e. The molecular formula is C17H22N2S. The predicted octanol–water partition coefficient (Wildman–Crippen LogP) is 4.64. The van der Waals surface area contributed by atoms with Crippen LogP contribution in [0.4, 0.5) is 0 Å². The SMILES string of the molecule is CNC(C)c1ccnc(Sc2ccc(C(C)C)cc2)c1. The summed E-state index contributed by atoms with van der Waals surface area (Å²) in [5.41, 5.74) is 2.64. The molecule has 0 aliphatic carbocycles. The molecule has 0 fully saturated rings. The van der Waals surface area contributed by atoms with E-state index < -0.39 is 0 Å². The van der Waals surface area contributed by atoms with E-state index in [1.54, 1.807) is 11.8 Å². The van der Waals surface area contributed by atoms with E-state index in [1.165, 1.54) is 16.0 Å². The van der Waals surface area contributed by atoms with Gasteiger partial charge < -0.3 is 5.32 Å². The average molecular weight is 286 g/mol. The van der Waals surface area contributed by atoms with Crippen molar-refractivity contribution in [3.8, 4) is 0 Å². The van der Waals surface area contributed by atoms with Crippen molar-refractivity contribution in [3.05, 3.63) is 53.7 Å². The third kappa shape index (κ3) is 3.84. The molecule has 0 saturated carbocycles. The topological polar surface area (TPSA) is 24.9 Å². The highest BCUT2D eigenvalue weighted by molar-refractivity contribution is 7.99. The molecule has 2 rings (SSSR count). The molecule has 1 aromatic carbocycles. The van der Waals surface area contributed by atoms with Crippen LogP contribution in [0.2, 0.25) is 0 Å². The van der Waals surface area contributed by atoms with Crippen LogP contribution in [-0.2, 0) is 0 Å². The van der Waals surface area contributed by atoms with Crippen LogP contribution in [0.15, 0.2) is 52.5 Å². The van der Waals surface area contributed by atoms with Crippen molar-refractivity contribution in [3.63, 3.8) is 0 Å². The fourth-order valence-electron chi connectivity index (χ4n) is 1.96. The maximum absolute atomic E-state index is 4.44. The quantitative estimate of drug-likeness (QED) is 0.867. The maximum Gasteiger partial charge on any atom is 0.101 e. The summed E-state index contributed by atoms with van der Waals surface area (Å²) in [5.74, 6) is 0.576. The molecule has 0 amide bonds. The number of rotatable bonds is 5. The van der Waals surface area contributed by atoms with E-state index in [2.05, 4.69) is 67.5 Å². The largest absolute Gasteiger partial charge is 0.313 e. The highest BCUT2D eigenvalue weighted by Gasteiger charge is 2.06. The summed E-state index contributed by atoms with van der Waals surface area (Å²) in [6, 6.07) is 13.3. The third-order valence-electron chi connectivity index (χ3n) is 3.46. The van der Waals surface area contributed by atoms with Crippen molar-refractivity contribution < 1.29 is 0 Å². The van der Waals surface area contributed by atoms with Gasteiger partial charge >= 0.3 is 0 Å². The Morgan fingerprint density at radius 3 is 2.30 bits per heavy atom. The standard InChI is InChI=1S/C17H22N2S/c1-12(2)14-5-7-16(8-6-14)20-17-11-15(9-10-19-17)13(3)18-4/h5-13,18H,1-4H3. The maximum atomic E-state index is 4.44. The summed E-state index contributed by atoms with van der Waals surface area (Å²) in [7, 11) is 1.97. The zero-order valence-corrected chi connectivity index (χ0v) is 13.4. The van der Waals surface area contributed by atoms with Crippen LogP contribution in [0.3, 0.4) is 0 Å². The molecule has 0 aliphatic heterocycles. The second kappa shape index (κ2) is 6.91. The molecule has 0 bridgehead atoms. The van der Waals surface area contributed by atoms with Crippen LogP contribution >= 0.6 is 11.8 Å². The number of hydrogen-bond acceptors (Lipinski definition) is 3. The number of benzene rings is 1. The lowest BCUT2D eigenvalue weighted by Crippen LogP contribution is -2.12. The van der Waals surface area contributed by atoms with E-state index in [9.17, 15) is 0 Å². The first kappa shape index (κ1) is 15.1. The van der Waals surface area contributed by atoms with E-state index in [0.29, 0.717) is 12.0 Å². The zero-order valence-electron chi connectivity index (χ0n) is 12.6. The molecule has 1 aromatic heterocycles. The first-order valence-electron chi connectivity index (χ1n) is 7.01.